The van der Waals surface area contributed by atoms with E-state index in [0.29, 0.717) is 18.9 Å². The molecule has 1 saturated carbocycles. The molecule has 0 bridgehead atoms. The van der Waals surface area contributed by atoms with Gasteiger partial charge in [0.05, 0.1) is 18.2 Å². The van der Waals surface area contributed by atoms with Gasteiger partial charge in [0.2, 0.25) is 5.91 Å². The summed E-state index contributed by atoms with van der Waals surface area (Å²) in [5.74, 6) is 1.000. The van der Waals surface area contributed by atoms with Crippen LogP contribution in [0.2, 0.25) is 18.1 Å². The molecule has 3 aliphatic rings. The highest BCUT2D eigenvalue weighted by Gasteiger charge is 2.73. The lowest BCUT2D eigenvalue weighted by Gasteiger charge is -2.38. The molecular formula is C16H29NO3Si. The number of aliphatic hydroxyl groups is 1. The molecule has 0 aromatic rings. The van der Waals surface area contributed by atoms with E-state index in [0.717, 1.165) is 12.8 Å². The van der Waals surface area contributed by atoms with Gasteiger partial charge in [0, 0.05) is 18.9 Å². The Balaban J connectivity index is 1.69. The van der Waals surface area contributed by atoms with Gasteiger partial charge in [-0.3, -0.25) is 4.79 Å². The van der Waals surface area contributed by atoms with Gasteiger partial charge in [-0.05, 0) is 36.9 Å². The zero-order valence-corrected chi connectivity index (χ0v) is 15.0. The van der Waals surface area contributed by atoms with Crippen LogP contribution in [-0.4, -0.2) is 49.0 Å². The van der Waals surface area contributed by atoms with Crippen LogP contribution >= 0.6 is 0 Å². The predicted molar refractivity (Wildman–Crippen MR) is 84.4 cm³/mol. The maximum Gasteiger partial charge on any atom is 0.223 e. The van der Waals surface area contributed by atoms with Crippen LogP contribution in [0.15, 0.2) is 0 Å². The lowest BCUT2D eigenvalue weighted by Crippen LogP contribution is -2.48. The first-order valence-corrected chi connectivity index (χ1v) is 11.1. The van der Waals surface area contributed by atoms with E-state index in [-0.39, 0.29) is 35.1 Å². The van der Waals surface area contributed by atoms with Crippen LogP contribution in [0.5, 0.6) is 0 Å². The Bertz CT molecular complexity index is 459. The van der Waals surface area contributed by atoms with Crippen LogP contribution in [-0.2, 0) is 9.22 Å². The summed E-state index contributed by atoms with van der Waals surface area (Å²) in [6, 6.07) is 0.238. The molecule has 1 N–H and O–H groups in total. The summed E-state index contributed by atoms with van der Waals surface area (Å²) in [7, 11) is -1.76. The summed E-state index contributed by atoms with van der Waals surface area (Å²) in [5.41, 5.74) is 0.00723. The molecule has 2 saturated heterocycles. The summed E-state index contributed by atoms with van der Waals surface area (Å²) in [4.78, 5) is 14.5. The molecule has 3 fully saturated rings. The van der Waals surface area contributed by atoms with Gasteiger partial charge >= 0.3 is 0 Å². The first-order chi connectivity index (χ1) is 9.63. The van der Waals surface area contributed by atoms with Crippen LogP contribution in [0.1, 0.15) is 40.0 Å². The van der Waals surface area contributed by atoms with Crippen molar-refractivity contribution in [3.63, 3.8) is 0 Å². The molecule has 3 rings (SSSR count). The van der Waals surface area contributed by atoms with Gasteiger partial charge in [-0.25, -0.2) is 0 Å². The van der Waals surface area contributed by atoms with Gasteiger partial charge in [-0.2, -0.15) is 0 Å². The van der Waals surface area contributed by atoms with E-state index in [1.165, 1.54) is 0 Å². The average Bonchev–Trinajstić information content (AvgIpc) is 2.85. The van der Waals surface area contributed by atoms with E-state index in [1.54, 1.807) is 0 Å². The summed E-state index contributed by atoms with van der Waals surface area (Å²) < 4.78 is 6.35. The summed E-state index contributed by atoms with van der Waals surface area (Å²) in [6.45, 7) is 12.1. The van der Waals surface area contributed by atoms with Crippen molar-refractivity contribution in [1.82, 2.24) is 4.90 Å². The number of nitrogens with zero attached hydrogens (tertiary/aromatic N) is 1. The van der Waals surface area contributed by atoms with Gasteiger partial charge in [-0.15, -0.1) is 0 Å². The van der Waals surface area contributed by atoms with Gasteiger partial charge in [-0.1, -0.05) is 20.8 Å². The number of hydrogen-bond donors (Lipinski definition) is 1. The van der Waals surface area contributed by atoms with Crippen LogP contribution in [0.3, 0.4) is 0 Å². The molecule has 5 heteroatoms. The molecule has 21 heavy (non-hydrogen) atoms. The third kappa shape index (κ3) is 2.12. The van der Waals surface area contributed by atoms with Crippen LogP contribution in [0.4, 0.5) is 0 Å². The fourth-order valence-corrected chi connectivity index (χ4v) is 5.24. The van der Waals surface area contributed by atoms with E-state index in [9.17, 15) is 9.90 Å². The minimum Gasteiger partial charge on any atom is -0.415 e. The van der Waals surface area contributed by atoms with Gasteiger partial charge in [0.25, 0.3) is 0 Å². The number of carbonyl (C=O) groups is 1. The topological polar surface area (TPSA) is 49.8 Å². The first-order valence-electron chi connectivity index (χ1n) is 8.20. The zero-order chi connectivity index (χ0) is 15.6. The first kappa shape index (κ1) is 15.5. The number of rotatable bonds is 4. The maximum absolute atomic E-state index is 12.4. The van der Waals surface area contributed by atoms with E-state index in [4.69, 9.17) is 4.43 Å². The molecule has 1 spiro atoms. The van der Waals surface area contributed by atoms with Crippen molar-refractivity contribution in [2.24, 2.45) is 11.8 Å². The number of aliphatic hydroxyl groups excluding tert-OH is 1. The van der Waals surface area contributed by atoms with Crippen molar-refractivity contribution in [1.29, 1.82) is 0 Å². The fourth-order valence-electron chi connectivity index (χ4n) is 4.20. The van der Waals surface area contributed by atoms with Crippen molar-refractivity contribution in [2.75, 3.05) is 13.2 Å². The van der Waals surface area contributed by atoms with Gasteiger partial charge < -0.3 is 14.4 Å². The largest absolute Gasteiger partial charge is 0.415 e. The summed E-state index contributed by atoms with van der Waals surface area (Å²) >= 11 is 0. The second kappa shape index (κ2) is 4.55. The molecule has 0 aromatic carbocycles. The molecule has 120 valence electrons. The maximum atomic E-state index is 12.4. The Morgan fingerprint density at radius 3 is 2.67 bits per heavy atom. The molecule has 1 aliphatic carbocycles. The number of carbonyl (C=O) groups excluding carboxylic acids is 1. The third-order valence-corrected chi connectivity index (χ3v) is 11.1. The second-order valence-electron chi connectivity index (χ2n) is 8.70. The van der Waals surface area contributed by atoms with E-state index in [1.807, 2.05) is 0 Å². The Hall–Kier alpha value is -0.393. The SMILES string of the molecule is CC(C)(C)[Si](C)(C)OC[C@H]1C[C@@H]2C[C@@]23[C@@H](CO)CC(=O)N13. The lowest BCUT2D eigenvalue weighted by molar-refractivity contribution is -0.131. The van der Waals surface area contributed by atoms with Gasteiger partial charge in [0.1, 0.15) is 0 Å². The third-order valence-electron chi connectivity index (χ3n) is 6.55. The van der Waals surface area contributed by atoms with Crippen LogP contribution in [0, 0.1) is 11.8 Å². The molecular weight excluding hydrogens is 282 g/mol. The number of amides is 1. The van der Waals surface area contributed by atoms with E-state index < -0.39 is 8.32 Å². The fraction of sp³-hybridized carbons (Fsp3) is 0.938. The number of piperidine rings is 1. The molecule has 4 atom stereocenters. The van der Waals surface area contributed by atoms with Crippen molar-refractivity contribution in [2.45, 2.75) is 69.7 Å². The highest BCUT2D eigenvalue weighted by molar-refractivity contribution is 6.74. The Morgan fingerprint density at radius 1 is 1.43 bits per heavy atom. The van der Waals surface area contributed by atoms with Crippen molar-refractivity contribution in [3.8, 4) is 0 Å². The molecule has 2 aliphatic heterocycles. The number of hydrogen-bond acceptors (Lipinski definition) is 3. The van der Waals surface area contributed by atoms with Crippen molar-refractivity contribution in [3.05, 3.63) is 0 Å². The minimum absolute atomic E-state index is 0.00723. The molecule has 4 nitrogen and oxygen atoms in total. The normalized spacial score (nSPS) is 38.7. The molecule has 1 amide bonds. The van der Waals surface area contributed by atoms with E-state index >= 15 is 0 Å². The summed E-state index contributed by atoms with van der Waals surface area (Å²) in [6.07, 6.45) is 2.70. The highest BCUT2D eigenvalue weighted by atomic mass is 28.4. The van der Waals surface area contributed by atoms with Crippen LogP contribution < -0.4 is 0 Å². The van der Waals surface area contributed by atoms with E-state index in [2.05, 4.69) is 38.8 Å². The Morgan fingerprint density at radius 2 is 2.10 bits per heavy atom. The minimum atomic E-state index is -1.76. The Kier molecular flexibility index (Phi) is 3.36. The highest BCUT2D eigenvalue weighted by Crippen LogP contribution is 2.65. The quantitative estimate of drug-likeness (QED) is 0.811. The second-order valence-corrected chi connectivity index (χ2v) is 13.5. The zero-order valence-electron chi connectivity index (χ0n) is 14.0. The van der Waals surface area contributed by atoms with Crippen LogP contribution in [0.25, 0.3) is 0 Å². The monoisotopic (exact) mass is 311 g/mol. The summed E-state index contributed by atoms with van der Waals surface area (Å²) in [5, 5.41) is 9.77. The Labute approximate surface area is 129 Å². The average molecular weight is 311 g/mol. The van der Waals surface area contributed by atoms with Gasteiger partial charge in [0.15, 0.2) is 8.32 Å². The lowest BCUT2D eigenvalue weighted by atomic mass is 9.98. The van der Waals surface area contributed by atoms with Crippen molar-refractivity contribution >= 4 is 14.2 Å². The molecule has 0 unspecified atom stereocenters. The molecule has 0 radical (unpaired) electrons. The standard InChI is InChI=1S/C16H29NO3Si/c1-15(2,3)21(4,5)20-10-13-6-11-8-16(11)12(9-18)7-14(19)17(13)16/h11-13,18H,6-10H2,1-5H3/t11-,12-,13-,16+/m1/s1. The molecule has 0 aromatic heterocycles. The smallest absolute Gasteiger partial charge is 0.223 e. The predicted octanol–water partition coefficient (Wildman–Crippen LogP) is 2.38. The molecule has 2 heterocycles. The van der Waals surface area contributed by atoms with Crippen molar-refractivity contribution < 1.29 is 14.3 Å².